The molecule has 1 aliphatic heterocycles. The molecule has 1 aliphatic rings. The molecule has 0 spiro atoms. The summed E-state index contributed by atoms with van der Waals surface area (Å²) in [6.45, 7) is 5.03. The van der Waals surface area contributed by atoms with Crippen LogP contribution in [-0.2, 0) is 10.0 Å². The molecule has 4 N–H and O–H groups in total. The van der Waals surface area contributed by atoms with Gasteiger partial charge in [0.15, 0.2) is 0 Å². The fraction of sp³-hybridized carbons (Fsp3) is 0.615. The molecule has 22 heavy (non-hydrogen) atoms. The highest BCUT2D eigenvalue weighted by molar-refractivity contribution is 7.89. The Hall–Kier alpha value is -1.09. The zero-order valence-corrected chi connectivity index (χ0v) is 14.4. The van der Waals surface area contributed by atoms with Crippen LogP contribution >= 0.6 is 12.4 Å². The number of carbonyl (C=O) groups excluding carboxylic acids is 1. The maximum absolute atomic E-state index is 12.2. The second-order valence-corrected chi connectivity index (χ2v) is 7.83. The van der Waals surface area contributed by atoms with Crippen LogP contribution in [0.3, 0.4) is 0 Å². The monoisotopic (exact) mass is 350 g/mol. The van der Waals surface area contributed by atoms with Gasteiger partial charge in [-0.05, 0) is 32.8 Å². The number of hydrogen-bond donors (Lipinski definition) is 3. The summed E-state index contributed by atoms with van der Waals surface area (Å²) < 4.78 is 26.7. The van der Waals surface area contributed by atoms with Crippen LogP contribution in [0, 0.1) is 0 Å². The molecule has 1 fully saturated rings. The van der Waals surface area contributed by atoms with Crippen LogP contribution in [-0.4, -0.2) is 49.4 Å². The van der Waals surface area contributed by atoms with Crippen molar-refractivity contribution < 1.29 is 13.2 Å². The number of halogens is 1. The number of amides is 1. The summed E-state index contributed by atoms with van der Waals surface area (Å²) in [6.07, 6.45) is 3.31. The highest BCUT2D eigenvalue weighted by atomic mass is 35.5. The van der Waals surface area contributed by atoms with Crippen molar-refractivity contribution in [1.82, 2.24) is 14.6 Å². The molecule has 2 rings (SSSR count). The van der Waals surface area contributed by atoms with Crippen molar-refractivity contribution in [2.24, 2.45) is 5.73 Å². The average Bonchev–Trinajstić information content (AvgIpc) is 3.06. The topological polar surface area (TPSA) is 108 Å². The number of aromatic amines is 1. The van der Waals surface area contributed by atoms with Gasteiger partial charge in [-0.1, -0.05) is 0 Å². The predicted molar refractivity (Wildman–Crippen MR) is 86.6 cm³/mol. The van der Waals surface area contributed by atoms with Gasteiger partial charge in [0.2, 0.25) is 10.0 Å². The quantitative estimate of drug-likeness (QED) is 0.725. The minimum absolute atomic E-state index is 0. The number of sulfonamides is 1. The standard InChI is InChI=1S/C13H22N4O3S.ClH/c1-13(2,14)9-16-21(19,20)10-7-11(15-8-10)12(18)17-5-3-4-6-17;/h7-8,15-16H,3-6,9,14H2,1-2H3;1H. The Morgan fingerprint density at radius 2 is 2.00 bits per heavy atom. The van der Waals surface area contributed by atoms with Gasteiger partial charge in [0.05, 0.1) is 0 Å². The molecular formula is C13H23ClN4O3S. The highest BCUT2D eigenvalue weighted by Gasteiger charge is 2.24. The van der Waals surface area contributed by atoms with Crippen LogP contribution in [0.15, 0.2) is 17.2 Å². The number of hydrogen-bond acceptors (Lipinski definition) is 4. The first-order valence-corrected chi connectivity index (χ1v) is 8.44. The van der Waals surface area contributed by atoms with Crippen molar-refractivity contribution in [3.63, 3.8) is 0 Å². The lowest BCUT2D eigenvalue weighted by atomic mass is 10.1. The molecule has 2 heterocycles. The second-order valence-electron chi connectivity index (χ2n) is 6.06. The molecule has 0 unspecified atom stereocenters. The van der Waals surface area contributed by atoms with E-state index < -0.39 is 15.6 Å². The van der Waals surface area contributed by atoms with E-state index in [1.165, 1.54) is 12.3 Å². The van der Waals surface area contributed by atoms with Crippen LogP contribution in [0.4, 0.5) is 0 Å². The van der Waals surface area contributed by atoms with Crippen molar-refractivity contribution >= 4 is 28.3 Å². The summed E-state index contributed by atoms with van der Waals surface area (Å²) in [7, 11) is -3.66. The lowest BCUT2D eigenvalue weighted by Gasteiger charge is -2.18. The minimum atomic E-state index is -3.66. The molecule has 1 saturated heterocycles. The third-order valence-corrected chi connectivity index (χ3v) is 4.69. The normalized spacial score (nSPS) is 15.7. The number of carbonyl (C=O) groups is 1. The number of likely N-dealkylation sites (tertiary alicyclic amines) is 1. The van der Waals surface area contributed by atoms with E-state index >= 15 is 0 Å². The van der Waals surface area contributed by atoms with Crippen LogP contribution in [0.25, 0.3) is 0 Å². The Kier molecular flexibility index (Phi) is 6.03. The highest BCUT2D eigenvalue weighted by Crippen LogP contribution is 2.16. The van der Waals surface area contributed by atoms with Gasteiger partial charge in [0, 0.05) is 31.4 Å². The molecule has 0 aromatic carbocycles. The van der Waals surface area contributed by atoms with Crippen molar-refractivity contribution in [3.05, 3.63) is 18.0 Å². The van der Waals surface area contributed by atoms with Crippen molar-refractivity contribution in [2.75, 3.05) is 19.6 Å². The van der Waals surface area contributed by atoms with Crippen LogP contribution in [0.1, 0.15) is 37.2 Å². The molecule has 1 amide bonds. The Balaban J connectivity index is 0.00000242. The molecule has 9 heteroatoms. The van der Waals surface area contributed by atoms with Crippen molar-refractivity contribution in [1.29, 1.82) is 0 Å². The van der Waals surface area contributed by atoms with Crippen molar-refractivity contribution in [2.45, 2.75) is 37.1 Å². The van der Waals surface area contributed by atoms with Gasteiger partial charge in [-0.15, -0.1) is 12.4 Å². The van der Waals surface area contributed by atoms with E-state index in [4.69, 9.17) is 5.73 Å². The van der Waals surface area contributed by atoms with E-state index in [0.717, 1.165) is 25.9 Å². The Morgan fingerprint density at radius 3 is 2.55 bits per heavy atom. The van der Waals surface area contributed by atoms with Crippen LogP contribution < -0.4 is 10.5 Å². The Bertz CT molecular complexity index is 615. The fourth-order valence-corrected chi connectivity index (χ4v) is 3.32. The van der Waals surface area contributed by atoms with E-state index in [-0.39, 0.29) is 29.8 Å². The number of nitrogens with two attached hydrogens (primary N) is 1. The number of rotatable bonds is 5. The van der Waals surface area contributed by atoms with E-state index in [1.807, 2.05) is 0 Å². The first-order valence-electron chi connectivity index (χ1n) is 6.95. The molecule has 0 bridgehead atoms. The minimum Gasteiger partial charge on any atom is -0.356 e. The van der Waals surface area contributed by atoms with Crippen LogP contribution in [0.2, 0.25) is 0 Å². The third-order valence-electron chi connectivity index (χ3n) is 3.31. The van der Waals surface area contributed by atoms with Crippen LogP contribution in [0.5, 0.6) is 0 Å². The molecule has 126 valence electrons. The first kappa shape index (κ1) is 19.0. The SMILES string of the molecule is CC(C)(N)CNS(=O)(=O)c1c[nH]c(C(=O)N2CCCC2)c1.Cl. The Labute approximate surface area is 137 Å². The summed E-state index contributed by atoms with van der Waals surface area (Å²) >= 11 is 0. The number of nitrogens with one attached hydrogen (secondary N) is 2. The smallest absolute Gasteiger partial charge is 0.270 e. The lowest BCUT2D eigenvalue weighted by Crippen LogP contribution is -2.44. The zero-order valence-electron chi connectivity index (χ0n) is 12.8. The lowest BCUT2D eigenvalue weighted by molar-refractivity contribution is 0.0787. The maximum Gasteiger partial charge on any atom is 0.270 e. The number of H-pyrrole nitrogens is 1. The fourth-order valence-electron chi connectivity index (χ4n) is 2.11. The summed E-state index contributed by atoms with van der Waals surface area (Å²) in [4.78, 5) is 16.7. The number of nitrogens with zero attached hydrogens (tertiary/aromatic N) is 1. The summed E-state index contributed by atoms with van der Waals surface area (Å²) in [5.41, 5.74) is 5.42. The zero-order chi connectivity index (χ0) is 15.7. The third kappa shape index (κ3) is 4.70. The van der Waals surface area contributed by atoms with Gasteiger partial charge in [0.25, 0.3) is 5.91 Å². The molecule has 0 aliphatic carbocycles. The van der Waals surface area contributed by atoms with Crippen molar-refractivity contribution in [3.8, 4) is 0 Å². The van der Waals surface area contributed by atoms with Gasteiger partial charge in [-0.3, -0.25) is 4.79 Å². The second kappa shape index (κ2) is 6.99. The molecule has 0 atom stereocenters. The predicted octanol–water partition coefficient (Wildman–Crippen LogP) is 0.688. The van der Waals surface area contributed by atoms with Gasteiger partial charge in [-0.25, -0.2) is 13.1 Å². The van der Waals surface area contributed by atoms with E-state index in [0.29, 0.717) is 5.69 Å². The van der Waals surface area contributed by atoms with Gasteiger partial charge < -0.3 is 15.6 Å². The summed E-state index contributed by atoms with van der Waals surface area (Å²) in [5, 5.41) is 0. The van der Waals surface area contributed by atoms with Gasteiger partial charge in [0.1, 0.15) is 10.6 Å². The van der Waals surface area contributed by atoms with E-state index in [2.05, 4.69) is 9.71 Å². The molecular weight excluding hydrogens is 328 g/mol. The molecule has 1 aromatic rings. The average molecular weight is 351 g/mol. The molecule has 1 aromatic heterocycles. The molecule has 0 radical (unpaired) electrons. The summed E-state index contributed by atoms with van der Waals surface area (Å²) in [6, 6.07) is 1.37. The molecule has 7 nitrogen and oxygen atoms in total. The first-order chi connectivity index (χ1) is 9.69. The largest absolute Gasteiger partial charge is 0.356 e. The van der Waals surface area contributed by atoms with E-state index in [9.17, 15) is 13.2 Å². The van der Waals surface area contributed by atoms with E-state index in [1.54, 1.807) is 18.7 Å². The summed E-state index contributed by atoms with van der Waals surface area (Å²) in [5.74, 6) is -0.159. The maximum atomic E-state index is 12.2. The molecule has 0 saturated carbocycles. The van der Waals surface area contributed by atoms with Gasteiger partial charge in [-0.2, -0.15) is 0 Å². The Morgan fingerprint density at radius 1 is 1.41 bits per heavy atom. The van der Waals surface area contributed by atoms with Gasteiger partial charge >= 0.3 is 0 Å². The number of aromatic nitrogens is 1.